The Labute approximate surface area is 189 Å². The van der Waals surface area contributed by atoms with Crippen molar-refractivity contribution in [2.75, 3.05) is 24.2 Å². The number of para-hydroxylation sites is 1. The number of aromatic nitrogens is 6. The molecule has 0 saturated carbocycles. The molecule has 34 heavy (non-hydrogen) atoms. The molecule has 3 N–H and O–H groups in total. The third kappa shape index (κ3) is 5.06. The summed E-state index contributed by atoms with van der Waals surface area (Å²) in [4.78, 5) is 34.4. The van der Waals surface area contributed by atoms with Crippen LogP contribution in [0, 0.1) is 0 Å². The van der Waals surface area contributed by atoms with E-state index in [0.29, 0.717) is 0 Å². The van der Waals surface area contributed by atoms with E-state index in [1.54, 1.807) is 17.3 Å². The third-order valence-electron chi connectivity index (χ3n) is 4.41. The second kappa shape index (κ2) is 9.09. The van der Waals surface area contributed by atoms with Crippen molar-refractivity contribution < 1.29 is 22.5 Å². The summed E-state index contributed by atoms with van der Waals surface area (Å²) in [6, 6.07) is 12.1. The van der Waals surface area contributed by atoms with E-state index in [-0.39, 0.29) is 40.7 Å². The molecule has 0 radical (unpaired) electrons. The maximum atomic E-state index is 12.5. The maximum Gasteiger partial charge on any atom is 0.405 e. The lowest BCUT2D eigenvalue weighted by Crippen LogP contribution is -2.34. The Bertz CT molecular complexity index is 1310. The Kier molecular flexibility index (Phi) is 6.03. The van der Waals surface area contributed by atoms with Gasteiger partial charge in [0.2, 0.25) is 23.5 Å². The molecule has 0 atom stereocenters. The number of hydrogen-bond donors (Lipinski definition) is 2. The molecule has 174 valence electrons. The normalized spacial score (nSPS) is 11.3. The first-order chi connectivity index (χ1) is 16.2. The van der Waals surface area contributed by atoms with Gasteiger partial charge in [-0.15, -0.1) is 0 Å². The van der Waals surface area contributed by atoms with Gasteiger partial charge in [-0.1, -0.05) is 23.4 Å². The number of amides is 1. The minimum absolute atomic E-state index is 0.00718. The molecule has 1 amide bonds. The number of nitrogen functional groups attached to an aromatic ring is 1. The molecule has 0 spiro atoms. The summed E-state index contributed by atoms with van der Waals surface area (Å²) in [7, 11) is 1.73. The molecule has 4 aromatic rings. The lowest BCUT2D eigenvalue weighted by Gasteiger charge is -2.17. The van der Waals surface area contributed by atoms with Gasteiger partial charge in [-0.2, -0.15) is 33.1 Å². The van der Waals surface area contributed by atoms with Gasteiger partial charge in [0.25, 0.3) is 11.8 Å². The van der Waals surface area contributed by atoms with E-state index in [1.165, 1.54) is 18.3 Å². The number of carbonyl (C=O) groups is 1. The van der Waals surface area contributed by atoms with E-state index in [1.807, 2.05) is 30.3 Å². The van der Waals surface area contributed by atoms with Crippen molar-refractivity contribution in [1.29, 1.82) is 0 Å². The van der Waals surface area contributed by atoms with Crippen LogP contribution in [-0.2, 0) is 0 Å². The number of nitrogens with zero attached hydrogens (tertiary/aromatic N) is 7. The molecule has 0 bridgehead atoms. The van der Waals surface area contributed by atoms with Crippen LogP contribution in [0.4, 0.5) is 30.8 Å². The number of hydrogen-bond acceptors (Lipinski definition) is 10. The molecule has 14 heteroatoms. The second-order valence-corrected chi connectivity index (χ2v) is 6.83. The summed E-state index contributed by atoms with van der Waals surface area (Å²) >= 11 is 0. The van der Waals surface area contributed by atoms with Crippen LogP contribution in [-0.4, -0.2) is 55.8 Å². The minimum Gasteiger partial charge on any atom is -0.368 e. The topological polar surface area (TPSA) is 149 Å². The average Bonchev–Trinajstić information content (AvgIpc) is 3.32. The van der Waals surface area contributed by atoms with Gasteiger partial charge in [0.05, 0.1) is 5.56 Å². The van der Waals surface area contributed by atoms with E-state index in [0.717, 1.165) is 5.69 Å². The van der Waals surface area contributed by atoms with Gasteiger partial charge in [-0.05, 0) is 24.3 Å². The van der Waals surface area contributed by atoms with Crippen molar-refractivity contribution >= 4 is 23.5 Å². The quantitative estimate of drug-likeness (QED) is 0.430. The highest BCUT2D eigenvalue weighted by atomic mass is 19.4. The van der Waals surface area contributed by atoms with Gasteiger partial charge in [0, 0.05) is 18.9 Å². The zero-order valence-corrected chi connectivity index (χ0v) is 17.5. The number of nitrogens with one attached hydrogen (secondary N) is 1. The van der Waals surface area contributed by atoms with Crippen LogP contribution in [0.25, 0.3) is 23.1 Å². The summed E-state index contributed by atoms with van der Waals surface area (Å²) < 4.78 is 42.6. The summed E-state index contributed by atoms with van der Waals surface area (Å²) in [5.41, 5.74) is 6.34. The number of nitrogens with two attached hydrogens (primary N) is 1. The highest BCUT2D eigenvalue weighted by Gasteiger charge is 2.29. The first-order valence-corrected chi connectivity index (χ1v) is 9.66. The van der Waals surface area contributed by atoms with Crippen molar-refractivity contribution in [1.82, 2.24) is 35.4 Å². The summed E-state index contributed by atoms with van der Waals surface area (Å²) in [5.74, 6) is -1.18. The average molecular weight is 471 g/mol. The molecule has 0 aliphatic carbocycles. The van der Waals surface area contributed by atoms with Gasteiger partial charge < -0.3 is 20.5 Å². The Balaban J connectivity index is 1.64. The standard InChI is InChI=1S/C20H16F3N9O2/c1-32(11-6-3-2-4-7-11)19-29-14(28-18(24)30-19)15-27-17(34-31-15)12-8-5-9-25-13(12)16(33)26-10-20(21,22)23/h2-9H,10H2,1H3,(H,26,33)(H2,24,28,29,30). The molecule has 0 aliphatic rings. The number of alkyl halides is 3. The van der Waals surface area contributed by atoms with Crippen molar-refractivity contribution in [2.24, 2.45) is 0 Å². The lowest BCUT2D eigenvalue weighted by atomic mass is 10.2. The van der Waals surface area contributed by atoms with Crippen molar-refractivity contribution in [3.05, 3.63) is 54.4 Å². The summed E-state index contributed by atoms with van der Waals surface area (Å²) in [6.45, 7) is -1.52. The fraction of sp³-hybridized carbons (Fsp3) is 0.150. The second-order valence-electron chi connectivity index (χ2n) is 6.83. The molecule has 4 rings (SSSR count). The van der Waals surface area contributed by atoms with E-state index >= 15 is 0 Å². The fourth-order valence-corrected chi connectivity index (χ4v) is 2.84. The third-order valence-corrected chi connectivity index (χ3v) is 4.41. The number of rotatable bonds is 6. The van der Waals surface area contributed by atoms with E-state index in [4.69, 9.17) is 10.3 Å². The molecule has 11 nitrogen and oxygen atoms in total. The molecule has 0 saturated heterocycles. The highest BCUT2D eigenvalue weighted by Crippen LogP contribution is 2.25. The monoisotopic (exact) mass is 471 g/mol. The Hall–Kier alpha value is -4.62. The molecule has 0 unspecified atom stereocenters. The van der Waals surface area contributed by atoms with Crippen molar-refractivity contribution in [2.45, 2.75) is 6.18 Å². The van der Waals surface area contributed by atoms with E-state index in [9.17, 15) is 18.0 Å². The van der Waals surface area contributed by atoms with Gasteiger partial charge in [-0.25, -0.2) is 0 Å². The highest BCUT2D eigenvalue weighted by molar-refractivity contribution is 5.98. The zero-order valence-electron chi connectivity index (χ0n) is 17.5. The van der Waals surface area contributed by atoms with Crippen LogP contribution in [0.15, 0.2) is 53.2 Å². The Morgan fingerprint density at radius 1 is 1.06 bits per heavy atom. The van der Waals surface area contributed by atoms with E-state index < -0.39 is 18.6 Å². The number of pyridine rings is 1. The smallest absolute Gasteiger partial charge is 0.368 e. The van der Waals surface area contributed by atoms with Crippen LogP contribution >= 0.6 is 0 Å². The van der Waals surface area contributed by atoms with Crippen molar-refractivity contribution in [3.63, 3.8) is 0 Å². The van der Waals surface area contributed by atoms with Gasteiger partial charge in [0.1, 0.15) is 12.2 Å². The van der Waals surface area contributed by atoms with Crippen LogP contribution in [0.3, 0.4) is 0 Å². The maximum absolute atomic E-state index is 12.5. The van der Waals surface area contributed by atoms with Gasteiger partial charge >= 0.3 is 6.18 Å². The Morgan fingerprint density at radius 2 is 1.82 bits per heavy atom. The predicted molar refractivity (Wildman–Crippen MR) is 114 cm³/mol. The molecule has 3 heterocycles. The number of anilines is 3. The SMILES string of the molecule is CN(c1ccccc1)c1nc(N)nc(-c2noc(-c3cccnc3C(=O)NCC(F)(F)F)n2)n1. The van der Waals surface area contributed by atoms with Gasteiger partial charge in [0.15, 0.2) is 0 Å². The van der Waals surface area contributed by atoms with Crippen LogP contribution in [0.5, 0.6) is 0 Å². The molecular weight excluding hydrogens is 455 g/mol. The number of halogens is 3. The first kappa shape index (κ1) is 22.6. The molecule has 1 aromatic carbocycles. The molecular formula is C20H16F3N9O2. The Morgan fingerprint density at radius 3 is 2.56 bits per heavy atom. The largest absolute Gasteiger partial charge is 0.405 e. The minimum atomic E-state index is -4.58. The fourth-order valence-electron chi connectivity index (χ4n) is 2.84. The number of benzene rings is 1. The predicted octanol–water partition coefficient (Wildman–Crippen LogP) is 2.63. The summed E-state index contributed by atoms with van der Waals surface area (Å²) in [6.07, 6.45) is -3.33. The lowest BCUT2D eigenvalue weighted by molar-refractivity contribution is -0.123. The van der Waals surface area contributed by atoms with E-state index in [2.05, 4.69) is 30.1 Å². The summed E-state index contributed by atoms with van der Waals surface area (Å²) in [5, 5.41) is 5.57. The zero-order chi connectivity index (χ0) is 24.3. The first-order valence-electron chi connectivity index (χ1n) is 9.66. The number of carbonyl (C=O) groups excluding carboxylic acids is 1. The van der Waals surface area contributed by atoms with Crippen molar-refractivity contribution in [3.8, 4) is 23.1 Å². The molecule has 0 fully saturated rings. The van der Waals surface area contributed by atoms with Gasteiger partial charge in [-0.3, -0.25) is 9.78 Å². The molecule has 3 aromatic heterocycles. The van der Waals surface area contributed by atoms with Crippen LogP contribution in [0.2, 0.25) is 0 Å². The van der Waals surface area contributed by atoms with Crippen LogP contribution in [0.1, 0.15) is 10.5 Å². The molecule has 0 aliphatic heterocycles. The van der Waals surface area contributed by atoms with Crippen LogP contribution < -0.4 is 16.0 Å².